The first-order valence-corrected chi connectivity index (χ1v) is 6.74. The van der Waals surface area contributed by atoms with Crippen molar-refractivity contribution in [2.75, 3.05) is 6.54 Å². The zero-order valence-corrected chi connectivity index (χ0v) is 11.5. The summed E-state index contributed by atoms with van der Waals surface area (Å²) in [5.41, 5.74) is 0.713. The summed E-state index contributed by atoms with van der Waals surface area (Å²) in [6.07, 6.45) is 2.00. The Morgan fingerprint density at radius 3 is 3.06 bits per heavy atom. The van der Waals surface area contributed by atoms with Crippen LogP contribution in [0.3, 0.4) is 0 Å². The van der Waals surface area contributed by atoms with E-state index in [2.05, 4.69) is 33.5 Å². The van der Waals surface area contributed by atoms with E-state index < -0.39 is 0 Å². The van der Waals surface area contributed by atoms with E-state index in [9.17, 15) is 4.79 Å². The van der Waals surface area contributed by atoms with Crippen LogP contribution in [0.25, 0.3) is 0 Å². The quantitative estimate of drug-likeness (QED) is 0.879. The number of rotatable bonds is 2. The molecule has 1 aliphatic heterocycles. The Morgan fingerprint density at radius 1 is 1.53 bits per heavy atom. The molecule has 17 heavy (non-hydrogen) atoms. The summed E-state index contributed by atoms with van der Waals surface area (Å²) in [7, 11) is 0. The van der Waals surface area contributed by atoms with Gasteiger partial charge in [-0.15, -0.1) is 0 Å². The Morgan fingerprint density at radius 2 is 2.35 bits per heavy atom. The lowest BCUT2D eigenvalue weighted by Gasteiger charge is -2.28. The predicted octanol–water partition coefficient (Wildman–Crippen LogP) is 2.32. The number of hydrogen-bond acceptors (Lipinski definition) is 2. The number of halogens is 1. The van der Waals surface area contributed by atoms with Gasteiger partial charge in [0.15, 0.2) is 0 Å². The maximum atomic E-state index is 12.0. The van der Waals surface area contributed by atoms with Gasteiger partial charge in [-0.1, -0.05) is 22.0 Å². The molecule has 2 rings (SSSR count). The first-order valence-electron chi connectivity index (χ1n) is 5.95. The van der Waals surface area contributed by atoms with Gasteiger partial charge in [-0.05, 0) is 44.5 Å². The van der Waals surface area contributed by atoms with Crippen LogP contribution < -0.4 is 10.6 Å². The lowest BCUT2D eigenvalue weighted by molar-refractivity contribution is 0.0925. The summed E-state index contributed by atoms with van der Waals surface area (Å²) in [5.74, 6) is 0.0189. The van der Waals surface area contributed by atoms with Gasteiger partial charge >= 0.3 is 0 Å². The molecule has 1 aliphatic rings. The largest absolute Gasteiger partial charge is 0.349 e. The molecule has 0 spiro atoms. The van der Waals surface area contributed by atoms with Crippen molar-refractivity contribution in [1.29, 1.82) is 0 Å². The third-order valence-corrected chi connectivity index (χ3v) is 3.54. The highest BCUT2D eigenvalue weighted by molar-refractivity contribution is 9.10. The van der Waals surface area contributed by atoms with E-state index in [1.165, 1.54) is 0 Å². The molecule has 2 atom stereocenters. The molecule has 4 heteroatoms. The SMILES string of the molecule is CC1CC(NC(=O)c2cccc(Br)c2)CCN1. The van der Waals surface area contributed by atoms with Crippen molar-refractivity contribution in [1.82, 2.24) is 10.6 Å². The molecule has 3 nitrogen and oxygen atoms in total. The monoisotopic (exact) mass is 296 g/mol. The minimum atomic E-state index is 0.0189. The fourth-order valence-corrected chi connectivity index (χ4v) is 2.56. The van der Waals surface area contributed by atoms with E-state index in [0.29, 0.717) is 11.6 Å². The van der Waals surface area contributed by atoms with Crippen LogP contribution in [0.5, 0.6) is 0 Å². The van der Waals surface area contributed by atoms with Gasteiger partial charge in [0.05, 0.1) is 0 Å². The number of piperidine rings is 1. The minimum absolute atomic E-state index is 0.0189. The summed E-state index contributed by atoms with van der Waals surface area (Å²) in [5, 5.41) is 6.47. The Hall–Kier alpha value is -0.870. The van der Waals surface area contributed by atoms with Crippen LogP contribution in [0.1, 0.15) is 30.1 Å². The maximum absolute atomic E-state index is 12.0. The van der Waals surface area contributed by atoms with Gasteiger partial charge < -0.3 is 10.6 Å². The van der Waals surface area contributed by atoms with Gasteiger partial charge in [0.2, 0.25) is 0 Å². The van der Waals surface area contributed by atoms with Crippen molar-refractivity contribution in [2.24, 2.45) is 0 Å². The van der Waals surface area contributed by atoms with Crippen molar-refractivity contribution in [3.05, 3.63) is 34.3 Å². The van der Waals surface area contributed by atoms with Crippen LogP contribution in [0.2, 0.25) is 0 Å². The van der Waals surface area contributed by atoms with Crippen molar-refractivity contribution in [2.45, 2.75) is 31.8 Å². The van der Waals surface area contributed by atoms with E-state index >= 15 is 0 Å². The highest BCUT2D eigenvalue weighted by atomic mass is 79.9. The van der Waals surface area contributed by atoms with Crippen molar-refractivity contribution >= 4 is 21.8 Å². The van der Waals surface area contributed by atoms with E-state index in [4.69, 9.17) is 0 Å². The molecule has 92 valence electrons. The molecular formula is C13H17BrN2O. The maximum Gasteiger partial charge on any atom is 0.251 e. The van der Waals surface area contributed by atoms with E-state index in [0.717, 1.165) is 23.9 Å². The number of carbonyl (C=O) groups excluding carboxylic acids is 1. The number of hydrogen-bond donors (Lipinski definition) is 2. The summed E-state index contributed by atoms with van der Waals surface area (Å²) in [6, 6.07) is 8.26. The predicted molar refractivity (Wildman–Crippen MR) is 72.1 cm³/mol. The third kappa shape index (κ3) is 3.54. The Balaban J connectivity index is 1.97. The summed E-state index contributed by atoms with van der Waals surface area (Å²) >= 11 is 3.38. The molecule has 0 aromatic heterocycles. The molecule has 0 saturated carbocycles. The zero-order chi connectivity index (χ0) is 12.3. The van der Waals surface area contributed by atoms with Gasteiger partial charge in [0.25, 0.3) is 5.91 Å². The van der Waals surface area contributed by atoms with Crippen LogP contribution in [0.15, 0.2) is 28.7 Å². The Labute approximate surface area is 110 Å². The molecule has 1 fully saturated rings. The number of carbonyl (C=O) groups is 1. The highest BCUT2D eigenvalue weighted by Gasteiger charge is 2.20. The summed E-state index contributed by atoms with van der Waals surface area (Å²) in [6.45, 7) is 3.13. The molecule has 2 unspecified atom stereocenters. The number of amides is 1. The molecule has 1 heterocycles. The first-order chi connectivity index (χ1) is 8.15. The molecule has 1 amide bonds. The molecular weight excluding hydrogens is 280 g/mol. The number of nitrogens with one attached hydrogen (secondary N) is 2. The first kappa shape index (κ1) is 12.6. The molecule has 0 radical (unpaired) electrons. The average Bonchev–Trinajstić information content (AvgIpc) is 2.29. The van der Waals surface area contributed by atoms with Gasteiger partial charge in [-0.25, -0.2) is 0 Å². The van der Waals surface area contributed by atoms with Gasteiger partial charge in [-0.3, -0.25) is 4.79 Å². The molecule has 0 aliphatic carbocycles. The van der Waals surface area contributed by atoms with Crippen molar-refractivity contribution < 1.29 is 4.79 Å². The van der Waals surface area contributed by atoms with Crippen LogP contribution in [0, 0.1) is 0 Å². The van der Waals surface area contributed by atoms with Crippen molar-refractivity contribution in [3.63, 3.8) is 0 Å². The lowest BCUT2D eigenvalue weighted by Crippen LogP contribution is -2.46. The highest BCUT2D eigenvalue weighted by Crippen LogP contribution is 2.13. The second-order valence-electron chi connectivity index (χ2n) is 4.56. The van der Waals surface area contributed by atoms with E-state index in [-0.39, 0.29) is 11.9 Å². The van der Waals surface area contributed by atoms with Crippen LogP contribution in [0.4, 0.5) is 0 Å². The molecule has 1 saturated heterocycles. The smallest absolute Gasteiger partial charge is 0.251 e. The van der Waals surface area contributed by atoms with Gasteiger partial charge in [0.1, 0.15) is 0 Å². The summed E-state index contributed by atoms with van der Waals surface area (Å²) in [4.78, 5) is 12.0. The number of benzene rings is 1. The minimum Gasteiger partial charge on any atom is -0.349 e. The fraction of sp³-hybridized carbons (Fsp3) is 0.462. The second kappa shape index (κ2) is 5.65. The summed E-state index contributed by atoms with van der Waals surface area (Å²) < 4.78 is 0.934. The van der Waals surface area contributed by atoms with Crippen LogP contribution in [-0.2, 0) is 0 Å². The van der Waals surface area contributed by atoms with E-state index in [1.807, 2.05) is 24.3 Å². The van der Waals surface area contributed by atoms with E-state index in [1.54, 1.807) is 0 Å². The Bertz CT molecular complexity index is 408. The van der Waals surface area contributed by atoms with Gasteiger partial charge in [-0.2, -0.15) is 0 Å². The molecule has 1 aromatic carbocycles. The normalized spacial score (nSPS) is 24.4. The van der Waals surface area contributed by atoms with Crippen LogP contribution >= 0.6 is 15.9 Å². The van der Waals surface area contributed by atoms with Gasteiger partial charge in [0, 0.05) is 22.1 Å². The second-order valence-corrected chi connectivity index (χ2v) is 5.48. The lowest BCUT2D eigenvalue weighted by atomic mass is 10.0. The Kier molecular flexibility index (Phi) is 4.18. The van der Waals surface area contributed by atoms with Crippen molar-refractivity contribution in [3.8, 4) is 0 Å². The molecule has 0 bridgehead atoms. The third-order valence-electron chi connectivity index (χ3n) is 3.05. The van der Waals surface area contributed by atoms with Crippen LogP contribution in [-0.4, -0.2) is 24.5 Å². The topological polar surface area (TPSA) is 41.1 Å². The average molecular weight is 297 g/mol. The standard InChI is InChI=1S/C13H17BrN2O/c1-9-7-12(5-6-15-9)16-13(17)10-3-2-4-11(14)8-10/h2-4,8-9,12,15H,5-7H2,1H3,(H,16,17). The fourth-order valence-electron chi connectivity index (χ4n) is 2.16. The zero-order valence-electron chi connectivity index (χ0n) is 9.87. The molecule has 1 aromatic rings. The molecule has 2 N–H and O–H groups in total.